The number of halogens is 1. The minimum atomic E-state index is -0.344. The van der Waals surface area contributed by atoms with Gasteiger partial charge in [0.15, 0.2) is 6.61 Å². The van der Waals surface area contributed by atoms with Crippen molar-refractivity contribution in [3.63, 3.8) is 0 Å². The minimum Gasteiger partial charge on any atom is -0.485 e. The molecule has 0 fully saturated rings. The average molecular weight is 284 g/mol. The fraction of sp³-hybridized carbons (Fsp3) is 0.125. The second-order valence-electron chi connectivity index (χ2n) is 4.63. The van der Waals surface area contributed by atoms with E-state index in [0.717, 1.165) is 11.3 Å². The van der Waals surface area contributed by atoms with Crippen LogP contribution in [0.25, 0.3) is 11.5 Å². The predicted octanol–water partition coefficient (Wildman–Crippen LogP) is 3.76. The normalized spacial score (nSPS) is 10.6. The van der Waals surface area contributed by atoms with Gasteiger partial charge in [-0.05, 0) is 42.8 Å². The van der Waals surface area contributed by atoms with E-state index in [9.17, 15) is 4.39 Å². The molecule has 0 aliphatic carbocycles. The van der Waals surface area contributed by atoms with Crippen molar-refractivity contribution in [2.45, 2.75) is 13.5 Å². The molecule has 4 nitrogen and oxygen atoms in total. The summed E-state index contributed by atoms with van der Waals surface area (Å²) in [4.78, 5) is 4.19. The Bertz CT molecular complexity index is 755. The van der Waals surface area contributed by atoms with Crippen molar-refractivity contribution in [2.75, 3.05) is 0 Å². The molecule has 0 saturated heterocycles. The number of aryl methyl sites for hydroxylation is 1. The van der Waals surface area contributed by atoms with E-state index in [1.54, 1.807) is 12.1 Å². The molecule has 0 atom stereocenters. The zero-order valence-electron chi connectivity index (χ0n) is 11.4. The van der Waals surface area contributed by atoms with Crippen molar-refractivity contribution in [3.05, 3.63) is 65.7 Å². The van der Waals surface area contributed by atoms with Crippen LogP contribution in [0, 0.1) is 12.7 Å². The molecule has 0 bridgehead atoms. The van der Waals surface area contributed by atoms with Crippen molar-refractivity contribution in [2.24, 2.45) is 0 Å². The maximum atomic E-state index is 13.2. The summed E-state index contributed by atoms with van der Waals surface area (Å²) >= 11 is 0. The monoisotopic (exact) mass is 284 g/mol. The standard InChI is InChI=1S/C16H13FN2O2/c1-11-4-2-7-14(8-11)20-10-15-18-16(21-19-15)12-5-3-6-13(17)9-12/h2-9H,10H2,1H3. The summed E-state index contributed by atoms with van der Waals surface area (Å²) in [6, 6.07) is 13.7. The van der Waals surface area contributed by atoms with E-state index in [1.807, 2.05) is 31.2 Å². The van der Waals surface area contributed by atoms with E-state index in [2.05, 4.69) is 10.1 Å². The Hall–Kier alpha value is -2.69. The highest BCUT2D eigenvalue weighted by Gasteiger charge is 2.10. The van der Waals surface area contributed by atoms with Gasteiger partial charge in [0, 0.05) is 5.56 Å². The first-order chi connectivity index (χ1) is 10.2. The molecule has 0 amide bonds. The number of hydrogen-bond acceptors (Lipinski definition) is 4. The summed E-state index contributed by atoms with van der Waals surface area (Å²) in [5.74, 6) is 1.09. The van der Waals surface area contributed by atoms with Gasteiger partial charge < -0.3 is 9.26 Å². The van der Waals surface area contributed by atoms with Crippen LogP contribution in [0.5, 0.6) is 5.75 Å². The zero-order valence-corrected chi connectivity index (χ0v) is 11.4. The lowest BCUT2D eigenvalue weighted by Crippen LogP contribution is -1.97. The lowest BCUT2D eigenvalue weighted by molar-refractivity contribution is 0.287. The van der Waals surface area contributed by atoms with Gasteiger partial charge in [-0.15, -0.1) is 0 Å². The van der Waals surface area contributed by atoms with Crippen LogP contribution in [0.4, 0.5) is 4.39 Å². The Labute approximate surface area is 121 Å². The van der Waals surface area contributed by atoms with Gasteiger partial charge in [-0.3, -0.25) is 0 Å². The molecule has 2 aromatic carbocycles. The molecule has 0 unspecified atom stereocenters. The van der Waals surface area contributed by atoms with Crippen LogP contribution in [0.2, 0.25) is 0 Å². The average Bonchev–Trinajstić information content (AvgIpc) is 2.94. The predicted molar refractivity (Wildman–Crippen MR) is 75.2 cm³/mol. The van der Waals surface area contributed by atoms with Crippen LogP contribution in [0.3, 0.4) is 0 Å². The van der Waals surface area contributed by atoms with E-state index >= 15 is 0 Å². The highest BCUT2D eigenvalue weighted by atomic mass is 19.1. The molecule has 1 aromatic heterocycles. The van der Waals surface area contributed by atoms with Crippen LogP contribution in [0.1, 0.15) is 11.4 Å². The first-order valence-electron chi connectivity index (χ1n) is 6.49. The van der Waals surface area contributed by atoms with Gasteiger partial charge in [-0.2, -0.15) is 4.98 Å². The van der Waals surface area contributed by atoms with Crippen molar-refractivity contribution in [3.8, 4) is 17.2 Å². The number of rotatable bonds is 4. The molecule has 21 heavy (non-hydrogen) atoms. The Morgan fingerprint density at radius 3 is 2.81 bits per heavy atom. The number of aromatic nitrogens is 2. The molecule has 0 N–H and O–H groups in total. The summed E-state index contributed by atoms with van der Waals surface area (Å²) in [6.07, 6.45) is 0. The summed E-state index contributed by atoms with van der Waals surface area (Å²) in [6.45, 7) is 2.19. The maximum Gasteiger partial charge on any atom is 0.258 e. The molecule has 5 heteroatoms. The Morgan fingerprint density at radius 2 is 2.00 bits per heavy atom. The third-order valence-corrected chi connectivity index (χ3v) is 2.90. The minimum absolute atomic E-state index is 0.197. The molecule has 0 aliphatic rings. The fourth-order valence-electron chi connectivity index (χ4n) is 1.90. The lowest BCUT2D eigenvalue weighted by atomic mass is 10.2. The summed E-state index contributed by atoms with van der Waals surface area (Å²) in [5, 5.41) is 3.83. The van der Waals surface area contributed by atoms with Crippen LogP contribution >= 0.6 is 0 Å². The third-order valence-electron chi connectivity index (χ3n) is 2.90. The molecule has 3 aromatic rings. The van der Waals surface area contributed by atoms with Gasteiger partial charge in [0.2, 0.25) is 5.82 Å². The van der Waals surface area contributed by atoms with Gasteiger partial charge in [0.05, 0.1) is 0 Å². The van der Waals surface area contributed by atoms with Crippen LogP contribution in [0.15, 0.2) is 53.1 Å². The van der Waals surface area contributed by atoms with E-state index in [-0.39, 0.29) is 18.3 Å². The smallest absolute Gasteiger partial charge is 0.258 e. The van der Waals surface area contributed by atoms with Gasteiger partial charge in [0.25, 0.3) is 5.89 Å². The molecule has 0 saturated carbocycles. The molecular weight excluding hydrogens is 271 g/mol. The van der Waals surface area contributed by atoms with Gasteiger partial charge in [-0.1, -0.05) is 23.4 Å². The summed E-state index contributed by atoms with van der Waals surface area (Å²) < 4.78 is 23.8. The maximum absolute atomic E-state index is 13.2. The SMILES string of the molecule is Cc1cccc(OCc2noc(-c3cccc(F)c3)n2)c1. The number of nitrogens with zero attached hydrogens (tertiary/aromatic N) is 2. The summed E-state index contributed by atoms with van der Waals surface area (Å²) in [7, 11) is 0. The largest absolute Gasteiger partial charge is 0.485 e. The zero-order chi connectivity index (χ0) is 14.7. The highest BCUT2D eigenvalue weighted by molar-refractivity contribution is 5.52. The van der Waals surface area contributed by atoms with E-state index < -0.39 is 0 Å². The number of ether oxygens (including phenoxy) is 1. The van der Waals surface area contributed by atoms with E-state index in [4.69, 9.17) is 9.26 Å². The second-order valence-corrected chi connectivity index (χ2v) is 4.63. The topological polar surface area (TPSA) is 48.2 Å². The van der Waals surface area contributed by atoms with E-state index in [1.165, 1.54) is 12.1 Å². The molecule has 3 rings (SSSR count). The van der Waals surface area contributed by atoms with E-state index in [0.29, 0.717) is 11.4 Å². The van der Waals surface area contributed by atoms with Crippen molar-refractivity contribution >= 4 is 0 Å². The molecule has 0 aliphatic heterocycles. The molecular formula is C16H13FN2O2. The second kappa shape index (κ2) is 5.75. The molecule has 0 spiro atoms. The third kappa shape index (κ3) is 3.25. The van der Waals surface area contributed by atoms with Gasteiger partial charge >= 0.3 is 0 Å². The quantitative estimate of drug-likeness (QED) is 0.732. The number of benzene rings is 2. The van der Waals surface area contributed by atoms with Crippen molar-refractivity contribution < 1.29 is 13.7 Å². The Morgan fingerprint density at radius 1 is 1.14 bits per heavy atom. The summed E-state index contributed by atoms with van der Waals surface area (Å²) in [5.41, 5.74) is 1.66. The van der Waals surface area contributed by atoms with Gasteiger partial charge in [0.1, 0.15) is 11.6 Å². The lowest BCUT2D eigenvalue weighted by Gasteiger charge is -2.03. The van der Waals surface area contributed by atoms with Crippen LogP contribution < -0.4 is 4.74 Å². The van der Waals surface area contributed by atoms with Crippen LogP contribution in [-0.4, -0.2) is 10.1 Å². The molecule has 0 radical (unpaired) electrons. The first-order valence-corrected chi connectivity index (χ1v) is 6.49. The van der Waals surface area contributed by atoms with Crippen molar-refractivity contribution in [1.29, 1.82) is 0 Å². The fourth-order valence-corrected chi connectivity index (χ4v) is 1.90. The first kappa shape index (κ1) is 13.3. The van der Waals surface area contributed by atoms with Gasteiger partial charge in [-0.25, -0.2) is 4.39 Å². The highest BCUT2D eigenvalue weighted by Crippen LogP contribution is 2.19. The number of hydrogen-bond donors (Lipinski definition) is 0. The Balaban J connectivity index is 1.71. The molecule has 106 valence electrons. The Kier molecular flexibility index (Phi) is 3.64. The van der Waals surface area contributed by atoms with Crippen molar-refractivity contribution in [1.82, 2.24) is 10.1 Å². The van der Waals surface area contributed by atoms with Crippen LogP contribution in [-0.2, 0) is 6.61 Å². The molecule has 1 heterocycles.